The number of carbonyl (C=O) groups excluding carboxylic acids is 2. The number of carboxylic acids is 1. The van der Waals surface area contributed by atoms with Crippen LogP contribution in [0.2, 0.25) is 0 Å². The fraction of sp³-hybridized carbons (Fsp3) is 0.200. The van der Waals surface area contributed by atoms with E-state index in [1.807, 2.05) is 6.07 Å². The maximum absolute atomic E-state index is 11.2. The lowest BCUT2D eigenvalue weighted by Crippen LogP contribution is -2.51. The molecule has 0 aliphatic rings. The van der Waals surface area contributed by atoms with Gasteiger partial charge in [0.25, 0.3) is 0 Å². The first-order valence-electron chi connectivity index (χ1n) is 4.74. The van der Waals surface area contributed by atoms with E-state index < -0.39 is 18.5 Å². The van der Waals surface area contributed by atoms with Gasteiger partial charge in [0, 0.05) is 10.6 Å². The minimum atomic E-state index is -1.28. The second-order valence-corrected chi connectivity index (χ2v) is 4.37. The summed E-state index contributed by atoms with van der Waals surface area (Å²) in [6.07, 6.45) is 0. The smallest absolute Gasteiger partial charge is 0.333 e. The topological polar surface area (TPSA) is 84.5 Å². The van der Waals surface area contributed by atoms with Gasteiger partial charge in [-0.3, -0.25) is 5.01 Å². The van der Waals surface area contributed by atoms with Gasteiger partial charge >= 0.3 is 6.03 Å². The molecule has 0 aliphatic carbocycles. The lowest BCUT2D eigenvalue weighted by Gasteiger charge is -2.25. The van der Waals surface area contributed by atoms with Crippen LogP contribution < -0.4 is 20.9 Å². The number of benzene rings is 1. The van der Waals surface area contributed by atoms with E-state index >= 15 is 0 Å². The molecule has 17 heavy (non-hydrogen) atoms. The molecule has 0 spiro atoms. The van der Waals surface area contributed by atoms with Crippen LogP contribution in [0.25, 0.3) is 0 Å². The molecule has 0 radical (unpaired) electrons. The molecule has 92 valence electrons. The number of halogens is 1. The van der Waals surface area contributed by atoms with Crippen LogP contribution in [-0.4, -0.2) is 25.6 Å². The molecule has 0 bridgehead atoms. The van der Waals surface area contributed by atoms with Gasteiger partial charge in [-0.2, -0.15) is 0 Å². The molecule has 0 aromatic heterocycles. The summed E-state index contributed by atoms with van der Waals surface area (Å²) in [4.78, 5) is 21.8. The quantitative estimate of drug-likeness (QED) is 0.578. The standard InChI is InChI=1S/C10H12IN3O3/c1-12-10(17)13-14(6-9(15)16)8-4-2-3-7(11)5-8/h2-5H,6H2,1H3,(H,15,16)(H2,12,13,17)/p-1. The first-order chi connectivity index (χ1) is 8.02. The van der Waals surface area contributed by atoms with Crippen molar-refractivity contribution in [3.8, 4) is 0 Å². The third-order valence-corrected chi connectivity index (χ3v) is 2.54. The second kappa shape index (κ2) is 6.28. The van der Waals surface area contributed by atoms with E-state index in [2.05, 4.69) is 33.3 Å². The van der Waals surface area contributed by atoms with Crippen molar-refractivity contribution in [2.45, 2.75) is 0 Å². The lowest BCUT2D eigenvalue weighted by molar-refractivity contribution is -0.303. The van der Waals surface area contributed by atoms with E-state index in [1.165, 1.54) is 12.1 Å². The van der Waals surface area contributed by atoms with Crippen molar-refractivity contribution in [1.29, 1.82) is 0 Å². The fourth-order valence-corrected chi connectivity index (χ4v) is 1.67. The van der Waals surface area contributed by atoms with Crippen LogP contribution in [0.1, 0.15) is 0 Å². The van der Waals surface area contributed by atoms with Gasteiger partial charge in [0.05, 0.1) is 18.2 Å². The summed E-state index contributed by atoms with van der Waals surface area (Å²) < 4.78 is 0.933. The van der Waals surface area contributed by atoms with Crippen molar-refractivity contribution in [3.05, 3.63) is 27.8 Å². The van der Waals surface area contributed by atoms with Gasteiger partial charge in [0.15, 0.2) is 0 Å². The van der Waals surface area contributed by atoms with E-state index in [4.69, 9.17) is 0 Å². The predicted octanol–water partition coefficient (Wildman–Crippen LogP) is -0.308. The van der Waals surface area contributed by atoms with E-state index in [0.29, 0.717) is 5.69 Å². The Morgan fingerprint density at radius 2 is 2.18 bits per heavy atom. The zero-order valence-corrected chi connectivity index (χ0v) is 11.2. The van der Waals surface area contributed by atoms with Crippen molar-refractivity contribution in [2.75, 3.05) is 18.6 Å². The summed E-state index contributed by atoms with van der Waals surface area (Å²) in [6, 6.07) is 6.58. The highest BCUT2D eigenvalue weighted by molar-refractivity contribution is 14.1. The Labute approximate surface area is 112 Å². The van der Waals surface area contributed by atoms with Gasteiger partial charge in [0.2, 0.25) is 0 Å². The number of hydrogen-bond donors (Lipinski definition) is 2. The van der Waals surface area contributed by atoms with Crippen LogP contribution in [0.4, 0.5) is 10.5 Å². The molecule has 2 amide bonds. The van der Waals surface area contributed by atoms with Gasteiger partial charge < -0.3 is 15.2 Å². The first-order valence-corrected chi connectivity index (χ1v) is 5.82. The maximum Gasteiger partial charge on any atom is 0.333 e. The van der Waals surface area contributed by atoms with Crippen molar-refractivity contribution in [1.82, 2.24) is 10.7 Å². The van der Waals surface area contributed by atoms with Gasteiger partial charge in [-0.05, 0) is 40.8 Å². The Bertz CT molecular complexity index is 425. The molecule has 0 saturated heterocycles. The molecule has 0 fully saturated rings. The molecule has 0 atom stereocenters. The molecule has 6 nitrogen and oxygen atoms in total. The molecule has 7 heteroatoms. The molecule has 0 saturated carbocycles. The molecule has 1 aromatic carbocycles. The Morgan fingerprint density at radius 3 is 2.71 bits per heavy atom. The first kappa shape index (κ1) is 13.6. The number of carbonyl (C=O) groups is 2. The summed E-state index contributed by atoms with van der Waals surface area (Å²) in [5.41, 5.74) is 2.97. The molecule has 2 N–H and O–H groups in total. The van der Waals surface area contributed by atoms with Crippen molar-refractivity contribution in [2.24, 2.45) is 0 Å². The number of urea groups is 1. The fourth-order valence-electron chi connectivity index (χ4n) is 1.15. The number of hydrazine groups is 1. The number of aliphatic carboxylic acids is 1. The number of carboxylic acid groups (broad SMARTS) is 1. The molecule has 0 aliphatic heterocycles. The summed E-state index contributed by atoms with van der Waals surface area (Å²) in [5.74, 6) is -1.28. The minimum Gasteiger partial charge on any atom is -0.548 e. The van der Waals surface area contributed by atoms with Gasteiger partial charge in [-0.15, -0.1) is 0 Å². The molecular weight excluding hydrogens is 337 g/mol. The summed E-state index contributed by atoms with van der Waals surface area (Å²) in [5, 5.41) is 14.2. The van der Waals surface area contributed by atoms with E-state index in [-0.39, 0.29) is 0 Å². The highest BCUT2D eigenvalue weighted by Gasteiger charge is 2.09. The number of amides is 2. The Morgan fingerprint density at radius 1 is 1.47 bits per heavy atom. The van der Waals surface area contributed by atoms with E-state index in [9.17, 15) is 14.7 Å². The Balaban J connectivity index is 2.89. The monoisotopic (exact) mass is 348 g/mol. The van der Waals surface area contributed by atoms with E-state index in [1.54, 1.807) is 18.2 Å². The zero-order chi connectivity index (χ0) is 12.8. The maximum atomic E-state index is 11.2. The number of nitrogens with one attached hydrogen (secondary N) is 2. The highest BCUT2D eigenvalue weighted by Crippen LogP contribution is 2.15. The van der Waals surface area contributed by atoms with Gasteiger partial charge in [-0.25, -0.2) is 10.2 Å². The zero-order valence-electron chi connectivity index (χ0n) is 9.07. The molecule has 0 unspecified atom stereocenters. The predicted molar refractivity (Wildman–Crippen MR) is 69.1 cm³/mol. The number of nitrogens with zero attached hydrogens (tertiary/aromatic N) is 1. The number of anilines is 1. The minimum absolute atomic E-state index is 0.423. The van der Waals surface area contributed by atoms with Crippen LogP contribution in [0.5, 0.6) is 0 Å². The average Bonchev–Trinajstić information content (AvgIpc) is 2.27. The summed E-state index contributed by atoms with van der Waals surface area (Å²) in [6.45, 7) is -0.423. The van der Waals surface area contributed by atoms with Crippen molar-refractivity contribution >= 4 is 40.3 Å². The van der Waals surface area contributed by atoms with Gasteiger partial charge in [0.1, 0.15) is 0 Å². The van der Waals surface area contributed by atoms with Crippen LogP contribution in [0, 0.1) is 3.57 Å². The third-order valence-electron chi connectivity index (χ3n) is 1.87. The molecule has 1 rings (SSSR count). The normalized spacial score (nSPS) is 9.53. The molecule has 0 heterocycles. The number of hydrogen-bond acceptors (Lipinski definition) is 4. The summed E-state index contributed by atoms with van der Waals surface area (Å²) >= 11 is 2.10. The largest absolute Gasteiger partial charge is 0.548 e. The SMILES string of the molecule is CNC(=O)NN(CC(=O)[O-])c1cccc(I)c1. The average molecular weight is 348 g/mol. The van der Waals surface area contributed by atoms with Crippen molar-refractivity contribution in [3.63, 3.8) is 0 Å². The van der Waals surface area contributed by atoms with E-state index in [0.717, 1.165) is 3.57 Å². The highest BCUT2D eigenvalue weighted by atomic mass is 127. The van der Waals surface area contributed by atoms with Crippen LogP contribution in [0.3, 0.4) is 0 Å². The Hall–Kier alpha value is -1.51. The third kappa shape index (κ3) is 4.47. The lowest BCUT2D eigenvalue weighted by atomic mass is 10.3. The second-order valence-electron chi connectivity index (χ2n) is 3.13. The molecular formula is C10H11IN3O3-. The van der Waals surface area contributed by atoms with Crippen molar-refractivity contribution < 1.29 is 14.7 Å². The molecule has 1 aromatic rings. The van der Waals surface area contributed by atoms with Crippen LogP contribution in [-0.2, 0) is 4.79 Å². The van der Waals surface area contributed by atoms with Crippen LogP contribution >= 0.6 is 22.6 Å². The van der Waals surface area contributed by atoms with Gasteiger partial charge in [-0.1, -0.05) is 6.07 Å². The Kier molecular flexibility index (Phi) is 5.01. The summed E-state index contributed by atoms with van der Waals surface area (Å²) in [7, 11) is 1.45. The number of rotatable bonds is 4. The van der Waals surface area contributed by atoms with Crippen LogP contribution in [0.15, 0.2) is 24.3 Å².